The van der Waals surface area contributed by atoms with Gasteiger partial charge in [-0.3, -0.25) is 4.79 Å². The molecule has 4 rings (SSSR count). The first-order valence-corrected chi connectivity index (χ1v) is 9.15. The third-order valence-corrected chi connectivity index (χ3v) is 4.49. The summed E-state index contributed by atoms with van der Waals surface area (Å²) in [5.41, 5.74) is 0. The Balaban J connectivity index is 1.38. The Morgan fingerprint density at radius 3 is 2.85 bits per heavy atom. The van der Waals surface area contributed by atoms with Crippen molar-refractivity contribution in [2.45, 2.75) is 45.2 Å². The Kier molecular flexibility index (Phi) is 4.66. The van der Waals surface area contributed by atoms with Crippen LogP contribution < -0.4 is 10.1 Å². The highest BCUT2D eigenvalue weighted by atomic mass is 16.6. The van der Waals surface area contributed by atoms with E-state index in [1.165, 1.54) is 0 Å². The minimum atomic E-state index is -0.254. The molecular weight excluding hydrogens is 344 g/mol. The quantitative estimate of drug-likeness (QED) is 0.747. The molecule has 7 nitrogen and oxygen atoms in total. The zero-order valence-electron chi connectivity index (χ0n) is 15.4. The number of nitrogens with zero attached hydrogens (tertiary/aromatic N) is 3. The van der Waals surface area contributed by atoms with Crippen molar-refractivity contribution in [1.82, 2.24) is 20.1 Å². The lowest BCUT2D eigenvalue weighted by atomic mass is 10.1. The summed E-state index contributed by atoms with van der Waals surface area (Å²) in [5, 5.41) is 7.56. The first-order valence-electron chi connectivity index (χ1n) is 9.15. The van der Waals surface area contributed by atoms with Crippen molar-refractivity contribution in [3.8, 4) is 11.7 Å². The standard InChI is InChI=1S/C20H22N4O3/c1-13(2)19-22-17-10-8-14(12-24(17)23-19)21-20(25)16-9-11-18(27-16)26-15-6-4-3-5-7-15/h3-7,9,11,13-14H,8,10,12H2,1-2H3,(H,21,25)/t14-/m0/s1. The van der Waals surface area contributed by atoms with Crippen molar-refractivity contribution in [2.24, 2.45) is 0 Å². The summed E-state index contributed by atoms with van der Waals surface area (Å²) in [6.45, 7) is 4.77. The smallest absolute Gasteiger partial charge is 0.290 e. The number of para-hydroxylation sites is 1. The zero-order chi connectivity index (χ0) is 18.8. The summed E-state index contributed by atoms with van der Waals surface area (Å²) in [5.74, 6) is 3.05. The van der Waals surface area contributed by atoms with Crippen LogP contribution in [0.1, 0.15) is 48.4 Å². The Labute approximate surface area is 157 Å². The predicted octanol–water partition coefficient (Wildman–Crippen LogP) is 3.53. The lowest BCUT2D eigenvalue weighted by Gasteiger charge is -2.23. The number of nitrogens with one attached hydrogen (secondary N) is 1. The maximum Gasteiger partial charge on any atom is 0.290 e. The molecule has 3 heterocycles. The van der Waals surface area contributed by atoms with Crippen molar-refractivity contribution in [2.75, 3.05) is 0 Å². The third kappa shape index (κ3) is 3.86. The van der Waals surface area contributed by atoms with E-state index in [9.17, 15) is 4.79 Å². The Morgan fingerprint density at radius 2 is 2.07 bits per heavy atom. The molecule has 1 N–H and O–H groups in total. The van der Waals surface area contributed by atoms with Crippen LogP contribution in [-0.2, 0) is 13.0 Å². The van der Waals surface area contributed by atoms with Gasteiger partial charge in [-0.05, 0) is 24.6 Å². The summed E-state index contributed by atoms with van der Waals surface area (Å²) in [6.07, 6.45) is 1.63. The van der Waals surface area contributed by atoms with Crippen molar-refractivity contribution in [3.05, 3.63) is 59.9 Å². The van der Waals surface area contributed by atoms with Gasteiger partial charge in [-0.2, -0.15) is 5.10 Å². The van der Waals surface area contributed by atoms with Gasteiger partial charge in [-0.1, -0.05) is 32.0 Å². The number of aromatic nitrogens is 3. The van der Waals surface area contributed by atoms with Crippen LogP contribution in [0.25, 0.3) is 0 Å². The molecular formula is C20H22N4O3. The van der Waals surface area contributed by atoms with E-state index in [2.05, 4.69) is 29.2 Å². The largest absolute Gasteiger partial charge is 0.426 e. The number of fused-ring (bicyclic) bond motifs is 1. The monoisotopic (exact) mass is 366 g/mol. The zero-order valence-corrected chi connectivity index (χ0v) is 15.4. The van der Waals surface area contributed by atoms with Gasteiger partial charge in [0.25, 0.3) is 11.9 Å². The van der Waals surface area contributed by atoms with Gasteiger partial charge < -0.3 is 14.5 Å². The van der Waals surface area contributed by atoms with Gasteiger partial charge in [0.05, 0.1) is 6.54 Å². The molecule has 0 aliphatic carbocycles. The number of carbonyl (C=O) groups is 1. The van der Waals surface area contributed by atoms with Crippen molar-refractivity contribution < 1.29 is 13.9 Å². The minimum Gasteiger partial charge on any atom is -0.426 e. The highest BCUT2D eigenvalue weighted by Gasteiger charge is 2.25. The van der Waals surface area contributed by atoms with E-state index < -0.39 is 0 Å². The average Bonchev–Trinajstić information content (AvgIpc) is 3.29. The number of amides is 1. The number of benzene rings is 1. The molecule has 0 fully saturated rings. The Hall–Kier alpha value is -3.09. The van der Waals surface area contributed by atoms with Gasteiger partial charge >= 0.3 is 0 Å². The summed E-state index contributed by atoms with van der Waals surface area (Å²) in [6, 6.07) is 12.6. The predicted molar refractivity (Wildman–Crippen MR) is 98.9 cm³/mol. The Bertz CT molecular complexity index is 930. The molecule has 0 bridgehead atoms. The van der Waals surface area contributed by atoms with Gasteiger partial charge in [0, 0.05) is 24.4 Å². The van der Waals surface area contributed by atoms with Crippen LogP contribution in [-0.4, -0.2) is 26.7 Å². The lowest BCUT2D eigenvalue weighted by Crippen LogP contribution is -2.41. The molecule has 1 aromatic carbocycles. The van der Waals surface area contributed by atoms with Crippen LogP contribution in [0.15, 0.2) is 46.9 Å². The molecule has 140 valence electrons. The molecule has 1 aliphatic rings. The minimum absolute atomic E-state index is 0.00435. The second-order valence-electron chi connectivity index (χ2n) is 6.97. The van der Waals surface area contributed by atoms with Gasteiger partial charge in [-0.15, -0.1) is 0 Å². The van der Waals surface area contributed by atoms with Crippen molar-refractivity contribution >= 4 is 5.91 Å². The lowest BCUT2D eigenvalue weighted by molar-refractivity contribution is 0.0893. The van der Waals surface area contributed by atoms with Crippen LogP contribution in [0.3, 0.4) is 0 Å². The molecule has 1 aliphatic heterocycles. The summed E-state index contributed by atoms with van der Waals surface area (Å²) in [7, 11) is 0. The van der Waals surface area contributed by atoms with Crippen LogP contribution in [0.2, 0.25) is 0 Å². The molecule has 0 radical (unpaired) electrons. The van der Waals surface area contributed by atoms with Crippen LogP contribution in [0, 0.1) is 0 Å². The first kappa shape index (κ1) is 17.3. The van der Waals surface area contributed by atoms with Crippen molar-refractivity contribution in [1.29, 1.82) is 0 Å². The molecule has 1 atom stereocenters. The van der Waals surface area contributed by atoms with Gasteiger partial charge in [-0.25, -0.2) is 9.67 Å². The van der Waals surface area contributed by atoms with E-state index in [0.29, 0.717) is 18.2 Å². The van der Waals surface area contributed by atoms with E-state index >= 15 is 0 Å². The van der Waals surface area contributed by atoms with Crippen molar-refractivity contribution in [3.63, 3.8) is 0 Å². The van der Waals surface area contributed by atoms with E-state index in [-0.39, 0.29) is 23.7 Å². The molecule has 3 aromatic rings. The number of carbonyl (C=O) groups excluding carboxylic acids is 1. The van der Waals surface area contributed by atoms with Crippen LogP contribution in [0.5, 0.6) is 11.7 Å². The second-order valence-corrected chi connectivity index (χ2v) is 6.97. The highest BCUT2D eigenvalue weighted by Crippen LogP contribution is 2.24. The third-order valence-electron chi connectivity index (χ3n) is 4.49. The number of aryl methyl sites for hydroxylation is 1. The van der Waals surface area contributed by atoms with Gasteiger partial charge in [0.15, 0.2) is 11.6 Å². The normalized spacial score (nSPS) is 16.2. The fourth-order valence-electron chi connectivity index (χ4n) is 3.05. The number of rotatable bonds is 5. The molecule has 7 heteroatoms. The molecule has 0 saturated carbocycles. The number of hydrogen-bond acceptors (Lipinski definition) is 5. The maximum atomic E-state index is 12.5. The number of furan rings is 1. The summed E-state index contributed by atoms with van der Waals surface area (Å²) < 4.78 is 13.0. The number of hydrogen-bond donors (Lipinski definition) is 1. The molecule has 1 amide bonds. The molecule has 0 saturated heterocycles. The Morgan fingerprint density at radius 1 is 1.26 bits per heavy atom. The van der Waals surface area contributed by atoms with E-state index in [1.54, 1.807) is 12.1 Å². The van der Waals surface area contributed by atoms with Gasteiger partial charge in [0.2, 0.25) is 0 Å². The topological polar surface area (TPSA) is 82.2 Å². The summed E-state index contributed by atoms with van der Waals surface area (Å²) in [4.78, 5) is 17.1. The second kappa shape index (κ2) is 7.26. The van der Waals surface area contributed by atoms with E-state index in [4.69, 9.17) is 9.15 Å². The van der Waals surface area contributed by atoms with Crippen LogP contribution >= 0.6 is 0 Å². The highest BCUT2D eigenvalue weighted by molar-refractivity contribution is 5.91. The van der Waals surface area contributed by atoms with Gasteiger partial charge in [0.1, 0.15) is 11.6 Å². The maximum absolute atomic E-state index is 12.5. The fraction of sp³-hybridized carbons (Fsp3) is 0.350. The van der Waals surface area contributed by atoms with E-state index in [0.717, 1.165) is 24.5 Å². The molecule has 27 heavy (non-hydrogen) atoms. The number of ether oxygens (including phenoxy) is 1. The SMILES string of the molecule is CC(C)c1nc2n(n1)C[C@@H](NC(=O)c1ccc(Oc3ccccc3)o1)CC2. The fourth-order valence-corrected chi connectivity index (χ4v) is 3.05. The van der Waals surface area contributed by atoms with Crippen LogP contribution in [0.4, 0.5) is 0 Å². The van der Waals surface area contributed by atoms with E-state index in [1.807, 2.05) is 35.0 Å². The summed E-state index contributed by atoms with van der Waals surface area (Å²) >= 11 is 0. The molecule has 2 aromatic heterocycles. The molecule has 0 spiro atoms. The first-order chi connectivity index (χ1) is 13.1. The average molecular weight is 366 g/mol. The molecule has 0 unspecified atom stereocenters.